The van der Waals surface area contributed by atoms with Crippen molar-refractivity contribution in [3.8, 4) is 5.75 Å². The molecule has 0 saturated carbocycles. The van der Waals surface area contributed by atoms with Gasteiger partial charge >= 0.3 is 0 Å². The smallest absolute Gasteiger partial charge is 0.241 e. The van der Waals surface area contributed by atoms with Gasteiger partial charge in [-0.3, -0.25) is 4.79 Å². The van der Waals surface area contributed by atoms with Crippen LogP contribution in [0.5, 0.6) is 5.75 Å². The van der Waals surface area contributed by atoms with E-state index in [1.54, 1.807) is 0 Å². The molecule has 19 heavy (non-hydrogen) atoms. The van der Waals surface area contributed by atoms with Crippen molar-refractivity contribution in [1.29, 1.82) is 0 Å². The Morgan fingerprint density at radius 3 is 2.47 bits per heavy atom. The zero-order valence-corrected chi connectivity index (χ0v) is 10.7. The van der Waals surface area contributed by atoms with Gasteiger partial charge < -0.3 is 10.5 Å². The van der Waals surface area contributed by atoms with E-state index in [0.717, 1.165) is 0 Å². The number of halogens is 2. The van der Waals surface area contributed by atoms with E-state index in [4.69, 9.17) is 15.6 Å². The fourth-order valence-electron chi connectivity index (χ4n) is 1.18. The summed E-state index contributed by atoms with van der Waals surface area (Å²) in [4.78, 5) is 9.96. The zero-order chi connectivity index (χ0) is 14.8. The molecule has 4 N–H and O–H groups in total. The highest BCUT2D eigenvalue weighted by molar-refractivity contribution is 7.89. The van der Waals surface area contributed by atoms with Crippen molar-refractivity contribution >= 4 is 15.9 Å². The summed E-state index contributed by atoms with van der Waals surface area (Å²) in [6, 6.07) is 0.974. The molecule has 1 aromatic carbocycles. The van der Waals surface area contributed by atoms with Crippen LogP contribution in [0.25, 0.3) is 0 Å². The van der Waals surface area contributed by atoms with E-state index in [-0.39, 0.29) is 6.61 Å². The Balaban J connectivity index is 3.16. The molecule has 0 radical (unpaired) electrons. The van der Waals surface area contributed by atoms with Gasteiger partial charge in [-0.05, 0) is 6.07 Å². The van der Waals surface area contributed by atoms with Crippen LogP contribution in [0.2, 0.25) is 0 Å². The van der Waals surface area contributed by atoms with Gasteiger partial charge in [0.25, 0.3) is 0 Å². The van der Waals surface area contributed by atoms with E-state index in [9.17, 15) is 22.0 Å². The first-order valence-corrected chi connectivity index (χ1v) is 6.61. The quantitative estimate of drug-likeness (QED) is 0.802. The highest BCUT2D eigenvalue weighted by atomic mass is 32.2. The highest BCUT2D eigenvalue weighted by Crippen LogP contribution is 2.28. The van der Waals surface area contributed by atoms with Gasteiger partial charge in [0.05, 0.1) is 12.5 Å². The number of carbonyl (C=O) groups excluding carboxylic acids is 1. The van der Waals surface area contributed by atoms with Gasteiger partial charge in [0.15, 0.2) is 11.6 Å². The van der Waals surface area contributed by atoms with Gasteiger partial charge in [0, 0.05) is 6.07 Å². The number of amides is 1. The van der Waals surface area contributed by atoms with Gasteiger partial charge in [-0.2, -0.15) is 0 Å². The summed E-state index contributed by atoms with van der Waals surface area (Å²) >= 11 is 0. The first-order valence-electron chi connectivity index (χ1n) is 5.07. The number of benzene rings is 1. The Morgan fingerprint density at radius 2 is 2.00 bits per heavy atom. The van der Waals surface area contributed by atoms with Crippen LogP contribution in [0.3, 0.4) is 0 Å². The average molecular weight is 294 g/mol. The Morgan fingerprint density at radius 1 is 1.42 bits per heavy atom. The molecule has 0 aliphatic carbocycles. The van der Waals surface area contributed by atoms with Gasteiger partial charge in [0.2, 0.25) is 15.9 Å². The number of primary amides is 1. The first kappa shape index (κ1) is 15.3. The second-order valence-electron chi connectivity index (χ2n) is 3.87. The summed E-state index contributed by atoms with van der Waals surface area (Å²) in [6.07, 6.45) is 0. The lowest BCUT2D eigenvalue weighted by molar-refractivity contribution is -0.122. The maximum Gasteiger partial charge on any atom is 0.241 e. The minimum atomic E-state index is -4.37. The van der Waals surface area contributed by atoms with Crippen LogP contribution in [0, 0.1) is 17.6 Å². The summed E-state index contributed by atoms with van der Waals surface area (Å²) in [5, 5.41) is 4.83. The number of carbonyl (C=O) groups is 1. The molecule has 1 aromatic rings. The lowest BCUT2D eigenvalue weighted by Gasteiger charge is -2.13. The molecule has 0 fully saturated rings. The van der Waals surface area contributed by atoms with Crippen LogP contribution in [0.1, 0.15) is 6.92 Å². The molecule has 0 aromatic heterocycles. The van der Waals surface area contributed by atoms with Crippen LogP contribution >= 0.6 is 0 Å². The largest absolute Gasteiger partial charge is 0.488 e. The van der Waals surface area contributed by atoms with E-state index in [0.29, 0.717) is 12.1 Å². The second kappa shape index (κ2) is 5.49. The van der Waals surface area contributed by atoms with Crippen molar-refractivity contribution in [2.45, 2.75) is 11.8 Å². The van der Waals surface area contributed by atoms with E-state index in [2.05, 4.69) is 0 Å². The molecule has 106 valence electrons. The number of hydrogen-bond donors (Lipinski definition) is 2. The van der Waals surface area contributed by atoms with E-state index in [1.165, 1.54) is 6.92 Å². The Bertz CT molecular complexity index is 604. The van der Waals surface area contributed by atoms with Crippen molar-refractivity contribution in [3.05, 3.63) is 23.8 Å². The van der Waals surface area contributed by atoms with E-state index >= 15 is 0 Å². The van der Waals surface area contributed by atoms with Gasteiger partial charge in [-0.15, -0.1) is 0 Å². The highest BCUT2D eigenvalue weighted by Gasteiger charge is 2.22. The molecular weight excluding hydrogens is 282 g/mol. The minimum Gasteiger partial charge on any atom is -0.488 e. The summed E-state index contributed by atoms with van der Waals surface area (Å²) in [6.45, 7) is 1.04. The Labute approximate surface area is 108 Å². The number of hydrogen-bond acceptors (Lipinski definition) is 4. The zero-order valence-electron chi connectivity index (χ0n) is 9.89. The Hall–Kier alpha value is -1.74. The van der Waals surface area contributed by atoms with Crippen LogP contribution < -0.4 is 15.6 Å². The van der Waals surface area contributed by atoms with Crippen LogP contribution in [0.15, 0.2) is 17.0 Å². The third kappa shape index (κ3) is 3.86. The predicted molar refractivity (Wildman–Crippen MR) is 61.6 cm³/mol. The number of primary sulfonamides is 1. The third-order valence-electron chi connectivity index (χ3n) is 2.24. The molecule has 0 aliphatic heterocycles. The molecule has 1 atom stereocenters. The number of rotatable bonds is 5. The molecular formula is C10H12F2N2O4S. The molecule has 0 spiro atoms. The molecule has 1 amide bonds. The maximum absolute atomic E-state index is 13.5. The van der Waals surface area contributed by atoms with E-state index < -0.39 is 44.1 Å². The molecule has 0 saturated heterocycles. The standard InChI is InChI=1S/C10H12F2N2O4S/c1-5(10(13)15)4-18-9-7(12)2-6(11)3-8(9)19(14,16)17/h2-3,5H,4H2,1H3,(H2,13,15)(H2,14,16,17). The molecule has 0 aliphatic rings. The van der Waals surface area contributed by atoms with Crippen LogP contribution in [-0.2, 0) is 14.8 Å². The summed E-state index contributed by atoms with van der Waals surface area (Å²) < 4.78 is 53.8. The second-order valence-corrected chi connectivity index (χ2v) is 5.40. The van der Waals surface area contributed by atoms with Crippen molar-refractivity contribution < 1.29 is 26.7 Å². The summed E-state index contributed by atoms with van der Waals surface area (Å²) in [7, 11) is -4.37. The Kier molecular flexibility index (Phi) is 4.43. The van der Waals surface area contributed by atoms with Gasteiger partial charge in [-0.1, -0.05) is 6.92 Å². The maximum atomic E-state index is 13.5. The molecule has 0 heterocycles. The fourth-order valence-corrected chi connectivity index (χ4v) is 1.87. The normalized spacial score (nSPS) is 13.1. The topological polar surface area (TPSA) is 112 Å². The molecule has 6 nitrogen and oxygen atoms in total. The first-order chi connectivity index (χ1) is 8.62. The van der Waals surface area contributed by atoms with Crippen molar-refractivity contribution in [1.82, 2.24) is 0 Å². The molecule has 0 bridgehead atoms. The lowest BCUT2D eigenvalue weighted by Crippen LogP contribution is -2.26. The summed E-state index contributed by atoms with van der Waals surface area (Å²) in [5.41, 5.74) is 4.97. The predicted octanol–water partition coefficient (Wildman–Crippen LogP) is 0.112. The minimum absolute atomic E-state index is 0.361. The van der Waals surface area contributed by atoms with Crippen molar-refractivity contribution in [2.24, 2.45) is 16.8 Å². The monoisotopic (exact) mass is 294 g/mol. The van der Waals surface area contributed by atoms with Gasteiger partial charge in [-0.25, -0.2) is 22.3 Å². The van der Waals surface area contributed by atoms with Gasteiger partial charge in [0.1, 0.15) is 10.7 Å². The fraction of sp³-hybridized carbons (Fsp3) is 0.300. The SMILES string of the molecule is CC(COc1c(F)cc(F)cc1S(N)(=O)=O)C(N)=O. The third-order valence-corrected chi connectivity index (χ3v) is 3.16. The number of nitrogens with two attached hydrogens (primary N) is 2. The number of sulfonamides is 1. The lowest BCUT2D eigenvalue weighted by atomic mass is 10.2. The van der Waals surface area contributed by atoms with Crippen molar-refractivity contribution in [2.75, 3.05) is 6.61 Å². The van der Waals surface area contributed by atoms with E-state index in [1.807, 2.05) is 0 Å². The van der Waals surface area contributed by atoms with Crippen LogP contribution in [-0.4, -0.2) is 20.9 Å². The van der Waals surface area contributed by atoms with Crippen molar-refractivity contribution in [3.63, 3.8) is 0 Å². The molecule has 1 rings (SSSR count). The molecule has 1 unspecified atom stereocenters. The summed E-state index contributed by atoms with van der Waals surface area (Å²) in [5.74, 6) is -4.58. The average Bonchev–Trinajstić information content (AvgIpc) is 2.25. The number of ether oxygens (including phenoxy) is 1. The van der Waals surface area contributed by atoms with Crippen LogP contribution in [0.4, 0.5) is 8.78 Å². The molecule has 9 heteroatoms.